The Morgan fingerprint density at radius 2 is 2.00 bits per heavy atom. The molecular formula is C11H19N3. The average Bonchev–Trinajstić information content (AvgIpc) is 2.52. The highest BCUT2D eigenvalue weighted by Gasteiger charge is 2.16. The van der Waals surface area contributed by atoms with Gasteiger partial charge in [-0.05, 0) is 57.7 Å². The largest absolute Gasteiger partial charge is 0.317 e. The van der Waals surface area contributed by atoms with Crippen molar-refractivity contribution in [3.8, 4) is 0 Å². The van der Waals surface area contributed by atoms with Crippen LogP contribution in [0.1, 0.15) is 29.8 Å². The highest BCUT2D eigenvalue weighted by molar-refractivity contribution is 5.22. The lowest BCUT2D eigenvalue weighted by atomic mass is 9.92. The lowest BCUT2D eigenvalue weighted by Crippen LogP contribution is -2.28. The Morgan fingerprint density at radius 3 is 2.57 bits per heavy atom. The SMILES string of the molecule is Cc1[nH]nc(CC2CCNCC2)c1C. The second-order valence-electron chi connectivity index (χ2n) is 4.32. The third-order valence-corrected chi connectivity index (χ3v) is 3.29. The number of H-pyrrole nitrogens is 1. The summed E-state index contributed by atoms with van der Waals surface area (Å²) < 4.78 is 0. The minimum absolute atomic E-state index is 0.831. The monoisotopic (exact) mass is 193 g/mol. The van der Waals surface area contributed by atoms with E-state index in [1.54, 1.807) is 0 Å². The fourth-order valence-electron chi connectivity index (χ4n) is 2.09. The van der Waals surface area contributed by atoms with Gasteiger partial charge in [0.2, 0.25) is 0 Å². The first-order valence-electron chi connectivity index (χ1n) is 5.48. The highest BCUT2D eigenvalue weighted by atomic mass is 15.1. The molecule has 1 fully saturated rings. The molecule has 78 valence electrons. The van der Waals surface area contributed by atoms with Gasteiger partial charge in [0.25, 0.3) is 0 Å². The van der Waals surface area contributed by atoms with E-state index in [1.807, 2.05) is 0 Å². The predicted molar refractivity (Wildman–Crippen MR) is 57.4 cm³/mol. The Labute approximate surface area is 85.3 Å². The molecule has 3 nitrogen and oxygen atoms in total. The lowest BCUT2D eigenvalue weighted by Gasteiger charge is -2.21. The molecule has 1 saturated heterocycles. The van der Waals surface area contributed by atoms with Crippen LogP contribution in [0.4, 0.5) is 0 Å². The number of hydrogen-bond donors (Lipinski definition) is 2. The van der Waals surface area contributed by atoms with E-state index in [0.717, 1.165) is 12.3 Å². The third-order valence-electron chi connectivity index (χ3n) is 3.29. The highest BCUT2D eigenvalue weighted by Crippen LogP contribution is 2.19. The number of rotatable bonds is 2. The first-order valence-corrected chi connectivity index (χ1v) is 5.48. The van der Waals surface area contributed by atoms with Crippen LogP contribution in [0.5, 0.6) is 0 Å². The molecule has 1 aromatic heterocycles. The van der Waals surface area contributed by atoms with Gasteiger partial charge in [-0.25, -0.2) is 0 Å². The maximum Gasteiger partial charge on any atom is 0.0656 e. The second-order valence-corrected chi connectivity index (χ2v) is 4.32. The van der Waals surface area contributed by atoms with Crippen molar-refractivity contribution in [3.63, 3.8) is 0 Å². The molecule has 0 unspecified atom stereocenters. The summed E-state index contributed by atoms with van der Waals surface area (Å²) in [4.78, 5) is 0. The smallest absolute Gasteiger partial charge is 0.0656 e. The zero-order valence-corrected chi connectivity index (χ0v) is 9.06. The van der Waals surface area contributed by atoms with Gasteiger partial charge >= 0.3 is 0 Å². The van der Waals surface area contributed by atoms with Crippen LogP contribution in [0, 0.1) is 19.8 Å². The van der Waals surface area contributed by atoms with Crippen LogP contribution in [0.25, 0.3) is 0 Å². The number of aromatic amines is 1. The first kappa shape index (κ1) is 9.71. The lowest BCUT2D eigenvalue weighted by molar-refractivity contribution is 0.369. The van der Waals surface area contributed by atoms with Gasteiger partial charge in [-0.2, -0.15) is 5.10 Å². The molecule has 0 spiro atoms. The first-order chi connectivity index (χ1) is 6.77. The summed E-state index contributed by atoms with van der Waals surface area (Å²) in [6.07, 6.45) is 3.74. The van der Waals surface area contributed by atoms with Crippen LogP contribution in [0.3, 0.4) is 0 Å². The summed E-state index contributed by atoms with van der Waals surface area (Å²) in [7, 11) is 0. The normalized spacial score (nSPS) is 18.7. The molecule has 2 rings (SSSR count). The van der Waals surface area contributed by atoms with Gasteiger partial charge in [-0.15, -0.1) is 0 Å². The molecule has 2 heterocycles. The molecule has 0 aliphatic carbocycles. The van der Waals surface area contributed by atoms with Gasteiger partial charge in [0.05, 0.1) is 5.69 Å². The van der Waals surface area contributed by atoms with E-state index in [2.05, 4.69) is 29.4 Å². The average molecular weight is 193 g/mol. The summed E-state index contributed by atoms with van der Waals surface area (Å²) in [6, 6.07) is 0. The maximum absolute atomic E-state index is 4.36. The van der Waals surface area contributed by atoms with Gasteiger partial charge in [0.15, 0.2) is 0 Å². The zero-order valence-electron chi connectivity index (χ0n) is 9.06. The predicted octanol–water partition coefficient (Wildman–Crippen LogP) is 1.57. The maximum atomic E-state index is 4.36. The fourth-order valence-corrected chi connectivity index (χ4v) is 2.09. The number of nitrogens with zero attached hydrogens (tertiary/aromatic N) is 1. The molecule has 3 heteroatoms. The van der Waals surface area contributed by atoms with Gasteiger partial charge in [-0.3, -0.25) is 5.10 Å². The minimum Gasteiger partial charge on any atom is -0.317 e. The van der Waals surface area contributed by atoms with E-state index >= 15 is 0 Å². The van der Waals surface area contributed by atoms with Crippen LogP contribution in [0.2, 0.25) is 0 Å². The van der Waals surface area contributed by atoms with Crippen LogP contribution in [0.15, 0.2) is 0 Å². The molecule has 1 aliphatic heterocycles. The van der Waals surface area contributed by atoms with E-state index in [1.165, 1.54) is 42.9 Å². The summed E-state index contributed by atoms with van der Waals surface area (Å²) in [5.41, 5.74) is 3.84. The molecule has 1 aromatic rings. The topological polar surface area (TPSA) is 40.7 Å². The quantitative estimate of drug-likeness (QED) is 0.748. The van der Waals surface area contributed by atoms with Gasteiger partial charge < -0.3 is 5.32 Å². The van der Waals surface area contributed by atoms with Crippen molar-refractivity contribution in [1.82, 2.24) is 15.5 Å². The molecular weight excluding hydrogens is 174 g/mol. The van der Waals surface area contributed by atoms with Crippen molar-refractivity contribution in [2.24, 2.45) is 5.92 Å². The Kier molecular flexibility index (Phi) is 2.87. The number of piperidine rings is 1. The van der Waals surface area contributed by atoms with E-state index in [-0.39, 0.29) is 0 Å². The number of aryl methyl sites for hydroxylation is 1. The fraction of sp³-hybridized carbons (Fsp3) is 0.727. The van der Waals surface area contributed by atoms with Gasteiger partial charge in [-0.1, -0.05) is 0 Å². The minimum atomic E-state index is 0.831. The molecule has 0 atom stereocenters. The Balaban J connectivity index is 1.99. The molecule has 1 aliphatic rings. The standard InChI is InChI=1S/C11H19N3/c1-8-9(2)13-14-11(8)7-10-3-5-12-6-4-10/h10,12H,3-7H2,1-2H3,(H,13,14). The van der Waals surface area contributed by atoms with Gasteiger partial charge in [0, 0.05) is 5.69 Å². The van der Waals surface area contributed by atoms with E-state index in [0.29, 0.717) is 0 Å². The summed E-state index contributed by atoms with van der Waals surface area (Å²) in [5.74, 6) is 0.831. The summed E-state index contributed by atoms with van der Waals surface area (Å²) in [5, 5.41) is 10.8. The Bertz CT molecular complexity index is 297. The molecule has 14 heavy (non-hydrogen) atoms. The van der Waals surface area contributed by atoms with Crippen LogP contribution in [-0.4, -0.2) is 23.3 Å². The van der Waals surface area contributed by atoms with Crippen molar-refractivity contribution < 1.29 is 0 Å². The number of hydrogen-bond acceptors (Lipinski definition) is 2. The Morgan fingerprint density at radius 1 is 1.29 bits per heavy atom. The van der Waals surface area contributed by atoms with Crippen LogP contribution >= 0.6 is 0 Å². The summed E-state index contributed by atoms with van der Waals surface area (Å²) >= 11 is 0. The van der Waals surface area contributed by atoms with Crippen LogP contribution in [-0.2, 0) is 6.42 Å². The van der Waals surface area contributed by atoms with E-state index in [4.69, 9.17) is 0 Å². The van der Waals surface area contributed by atoms with Crippen molar-refractivity contribution >= 4 is 0 Å². The van der Waals surface area contributed by atoms with Crippen molar-refractivity contribution in [1.29, 1.82) is 0 Å². The second kappa shape index (κ2) is 4.13. The Hall–Kier alpha value is -0.830. The van der Waals surface area contributed by atoms with Crippen molar-refractivity contribution in [3.05, 3.63) is 17.0 Å². The molecule has 0 aromatic carbocycles. The summed E-state index contributed by atoms with van der Waals surface area (Å²) in [6.45, 7) is 6.60. The van der Waals surface area contributed by atoms with Crippen molar-refractivity contribution in [2.75, 3.05) is 13.1 Å². The van der Waals surface area contributed by atoms with Crippen LogP contribution < -0.4 is 5.32 Å². The van der Waals surface area contributed by atoms with E-state index in [9.17, 15) is 0 Å². The zero-order chi connectivity index (χ0) is 9.97. The van der Waals surface area contributed by atoms with Gasteiger partial charge in [0.1, 0.15) is 0 Å². The number of nitrogens with one attached hydrogen (secondary N) is 2. The molecule has 0 saturated carbocycles. The molecule has 2 N–H and O–H groups in total. The third kappa shape index (κ3) is 1.98. The number of aromatic nitrogens is 2. The molecule has 0 amide bonds. The molecule has 0 radical (unpaired) electrons. The molecule has 0 bridgehead atoms. The van der Waals surface area contributed by atoms with Crippen molar-refractivity contribution in [2.45, 2.75) is 33.1 Å². The van der Waals surface area contributed by atoms with E-state index < -0.39 is 0 Å².